The van der Waals surface area contributed by atoms with Gasteiger partial charge in [-0.2, -0.15) is 0 Å². The first-order valence-electron chi connectivity index (χ1n) is 8.04. The third kappa shape index (κ3) is 3.14. The summed E-state index contributed by atoms with van der Waals surface area (Å²) in [5, 5.41) is 10.6. The smallest absolute Gasteiger partial charge is 0.269 e. The summed E-state index contributed by atoms with van der Waals surface area (Å²) in [6, 6.07) is 0.328. The molecule has 2 aliphatic heterocycles. The largest absolute Gasteiger partial charge is 0.387 e. The summed E-state index contributed by atoms with van der Waals surface area (Å²) in [5.41, 5.74) is 0.326. The lowest BCUT2D eigenvalue weighted by molar-refractivity contribution is -0.115. The zero-order valence-corrected chi connectivity index (χ0v) is 12.1. The van der Waals surface area contributed by atoms with Crippen LogP contribution >= 0.6 is 0 Å². The fraction of sp³-hybridized carbons (Fsp3) is 0.867. The predicted molar refractivity (Wildman–Crippen MR) is 77.6 cm³/mol. The van der Waals surface area contributed by atoms with E-state index in [2.05, 4.69) is 15.8 Å². The maximum atomic E-state index is 12.3. The quantitative estimate of drug-likeness (QED) is 0.757. The zero-order chi connectivity index (χ0) is 13.8. The highest BCUT2D eigenvalue weighted by atomic mass is 16.7. The Morgan fingerprint density at radius 1 is 1.25 bits per heavy atom. The molecule has 112 valence electrons. The van der Waals surface area contributed by atoms with Gasteiger partial charge in [-0.3, -0.25) is 4.79 Å². The van der Waals surface area contributed by atoms with Crippen LogP contribution in [0.3, 0.4) is 0 Å². The van der Waals surface area contributed by atoms with Crippen molar-refractivity contribution in [1.29, 1.82) is 0 Å². The average Bonchev–Trinajstić information content (AvgIpc) is 2.70. The van der Waals surface area contributed by atoms with E-state index in [9.17, 15) is 4.79 Å². The highest BCUT2D eigenvalue weighted by Gasteiger charge is 2.42. The number of nitrogens with zero attached hydrogens (tertiary/aromatic N) is 1. The third-order valence-corrected chi connectivity index (χ3v) is 4.72. The second kappa shape index (κ2) is 6.12. The Morgan fingerprint density at radius 3 is 2.75 bits per heavy atom. The van der Waals surface area contributed by atoms with E-state index in [0.29, 0.717) is 18.2 Å². The van der Waals surface area contributed by atoms with E-state index >= 15 is 0 Å². The third-order valence-electron chi connectivity index (χ3n) is 4.72. The van der Waals surface area contributed by atoms with Crippen LogP contribution < -0.4 is 10.6 Å². The lowest BCUT2D eigenvalue weighted by Gasteiger charge is -2.30. The molecule has 0 radical (unpaired) electrons. The molecule has 1 saturated heterocycles. The summed E-state index contributed by atoms with van der Waals surface area (Å²) in [6.45, 7) is 1.84. The van der Waals surface area contributed by atoms with Crippen LogP contribution in [0.2, 0.25) is 0 Å². The summed E-state index contributed by atoms with van der Waals surface area (Å²) < 4.78 is 0. The first-order chi connectivity index (χ1) is 9.77. The van der Waals surface area contributed by atoms with Gasteiger partial charge < -0.3 is 15.5 Å². The van der Waals surface area contributed by atoms with Gasteiger partial charge in [0.2, 0.25) is 0 Å². The molecule has 1 aliphatic carbocycles. The van der Waals surface area contributed by atoms with Gasteiger partial charge in [0.15, 0.2) is 5.60 Å². The summed E-state index contributed by atoms with van der Waals surface area (Å²) in [7, 11) is 0. The number of nitrogens with one attached hydrogen (secondary N) is 2. The van der Waals surface area contributed by atoms with Crippen LogP contribution in [0.25, 0.3) is 0 Å². The maximum Gasteiger partial charge on any atom is 0.269 e. The number of hydrogen-bond donors (Lipinski definition) is 2. The summed E-state index contributed by atoms with van der Waals surface area (Å²) in [5.74, 6) is -0.0145. The molecule has 1 amide bonds. The lowest BCUT2D eigenvalue weighted by Crippen LogP contribution is -2.47. The van der Waals surface area contributed by atoms with E-state index in [1.165, 1.54) is 25.7 Å². The number of oxime groups is 1. The molecule has 1 saturated carbocycles. The lowest BCUT2D eigenvalue weighted by atomic mass is 9.89. The molecular weight excluding hydrogens is 254 g/mol. The maximum absolute atomic E-state index is 12.3. The van der Waals surface area contributed by atoms with E-state index in [1.54, 1.807) is 0 Å². The van der Waals surface area contributed by atoms with Crippen molar-refractivity contribution >= 4 is 11.6 Å². The molecule has 20 heavy (non-hydrogen) atoms. The van der Waals surface area contributed by atoms with E-state index in [4.69, 9.17) is 4.84 Å². The molecule has 0 unspecified atom stereocenters. The minimum absolute atomic E-state index is 0.0145. The van der Waals surface area contributed by atoms with Crippen molar-refractivity contribution in [2.24, 2.45) is 5.16 Å². The molecule has 0 aromatic heterocycles. The highest BCUT2D eigenvalue weighted by molar-refractivity contribution is 6.39. The second-order valence-corrected chi connectivity index (χ2v) is 6.43. The van der Waals surface area contributed by atoms with Crippen LogP contribution in [0.4, 0.5) is 0 Å². The van der Waals surface area contributed by atoms with Gasteiger partial charge in [-0.15, -0.1) is 0 Å². The Morgan fingerprint density at radius 2 is 2.05 bits per heavy atom. The van der Waals surface area contributed by atoms with Crippen molar-refractivity contribution in [3.63, 3.8) is 0 Å². The number of rotatable bonds is 2. The van der Waals surface area contributed by atoms with Gasteiger partial charge in [0.25, 0.3) is 5.91 Å². The van der Waals surface area contributed by atoms with Gasteiger partial charge in [-0.1, -0.05) is 30.8 Å². The van der Waals surface area contributed by atoms with Crippen molar-refractivity contribution < 1.29 is 9.63 Å². The fourth-order valence-electron chi connectivity index (χ4n) is 3.50. The molecule has 1 atom stereocenters. The normalized spacial score (nSPS) is 31.5. The SMILES string of the molecule is O=C(NC1CCCCCC1)C1=NO[C@@]2(CCCNC2)C1. The molecule has 2 heterocycles. The van der Waals surface area contributed by atoms with E-state index < -0.39 is 0 Å². The average molecular weight is 279 g/mol. The summed E-state index contributed by atoms with van der Waals surface area (Å²) >= 11 is 0. The zero-order valence-electron chi connectivity index (χ0n) is 12.1. The fourth-order valence-corrected chi connectivity index (χ4v) is 3.50. The molecule has 1 spiro atoms. The monoisotopic (exact) mass is 279 g/mol. The van der Waals surface area contributed by atoms with Crippen molar-refractivity contribution in [3.8, 4) is 0 Å². The molecule has 3 rings (SSSR count). The van der Waals surface area contributed by atoms with Crippen molar-refractivity contribution in [2.75, 3.05) is 13.1 Å². The first kappa shape index (κ1) is 13.9. The molecule has 3 aliphatic rings. The van der Waals surface area contributed by atoms with Crippen molar-refractivity contribution in [1.82, 2.24) is 10.6 Å². The van der Waals surface area contributed by atoms with Crippen LogP contribution in [0.15, 0.2) is 5.16 Å². The molecule has 5 nitrogen and oxygen atoms in total. The minimum atomic E-state index is -0.256. The van der Waals surface area contributed by atoms with E-state index in [1.807, 2.05) is 0 Å². The van der Waals surface area contributed by atoms with Crippen molar-refractivity contribution in [2.45, 2.75) is 69.4 Å². The van der Waals surface area contributed by atoms with Gasteiger partial charge >= 0.3 is 0 Å². The van der Waals surface area contributed by atoms with Gasteiger partial charge in [0, 0.05) is 19.0 Å². The molecule has 0 aromatic carbocycles. The van der Waals surface area contributed by atoms with Crippen molar-refractivity contribution in [3.05, 3.63) is 0 Å². The molecular formula is C15H25N3O2. The van der Waals surface area contributed by atoms with Gasteiger partial charge in [-0.25, -0.2) is 0 Å². The number of hydrogen-bond acceptors (Lipinski definition) is 4. The van der Waals surface area contributed by atoms with Crippen LogP contribution in [-0.4, -0.2) is 36.4 Å². The number of amides is 1. The van der Waals surface area contributed by atoms with E-state index in [-0.39, 0.29) is 11.5 Å². The van der Waals surface area contributed by atoms with Crippen LogP contribution in [0.5, 0.6) is 0 Å². The molecule has 2 N–H and O–H groups in total. The Bertz CT molecular complexity index is 381. The molecule has 5 heteroatoms. The Hall–Kier alpha value is -1.10. The van der Waals surface area contributed by atoms with Crippen LogP contribution in [0, 0.1) is 0 Å². The number of carbonyl (C=O) groups excluding carboxylic acids is 1. The van der Waals surface area contributed by atoms with Crippen LogP contribution in [0.1, 0.15) is 57.8 Å². The molecule has 0 bridgehead atoms. The highest BCUT2D eigenvalue weighted by Crippen LogP contribution is 2.30. The Balaban J connectivity index is 1.52. The summed E-state index contributed by atoms with van der Waals surface area (Å²) in [4.78, 5) is 17.9. The number of piperidine rings is 1. The standard InChI is InChI=1S/C15H25N3O2/c19-14(17-12-6-3-1-2-4-7-12)13-10-15(20-18-13)8-5-9-16-11-15/h12,16H,1-11H2,(H,17,19)/t15-/m0/s1. The first-order valence-corrected chi connectivity index (χ1v) is 8.04. The van der Waals surface area contributed by atoms with Crippen LogP contribution in [-0.2, 0) is 9.63 Å². The number of carbonyl (C=O) groups is 1. The molecule has 2 fully saturated rings. The Kier molecular flexibility index (Phi) is 4.24. The van der Waals surface area contributed by atoms with E-state index in [0.717, 1.165) is 38.8 Å². The second-order valence-electron chi connectivity index (χ2n) is 6.43. The topological polar surface area (TPSA) is 62.7 Å². The minimum Gasteiger partial charge on any atom is -0.387 e. The Labute approximate surface area is 120 Å². The van der Waals surface area contributed by atoms with Gasteiger partial charge in [-0.05, 0) is 32.2 Å². The summed E-state index contributed by atoms with van der Waals surface area (Å²) in [6.07, 6.45) is 9.98. The van der Waals surface area contributed by atoms with Gasteiger partial charge in [0.1, 0.15) is 5.71 Å². The predicted octanol–water partition coefficient (Wildman–Crippen LogP) is 1.72. The molecule has 0 aromatic rings. The van der Waals surface area contributed by atoms with Gasteiger partial charge in [0.05, 0.1) is 0 Å².